The van der Waals surface area contributed by atoms with E-state index in [4.69, 9.17) is 9.47 Å². The normalized spacial score (nSPS) is 17.9. The van der Waals surface area contributed by atoms with Crippen LogP contribution in [0.15, 0.2) is 48.5 Å². The molecule has 0 N–H and O–H groups in total. The largest absolute Gasteiger partial charge is 0.497 e. The summed E-state index contributed by atoms with van der Waals surface area (Å²) in [6, 6.07) is 14.0. The molecule has 1 aliphatic rings. The number of hydrogen-bond donors (Lipinski definition) is 0. The Morgan fingerprint density at radius 1 is 1.14 bits per heavy atom. The maximum absolute atomic E-state index is 13.4. The lowest BCUT2D eigenvalue weighted by Crippen LogP contribution is -2.47. The summed E-state index contributed by atoms with van der Waals surface area (Å²) in [5, 5.41) is 11.0. The summed E-state index contributed by atoms with van der Waals surface area (Å²) in [5.41, 5.74) is 0.100. The number of fused-ring (bicyclic) bond motifs is 1. The SMILES string of the molecule is COC(=O)C1(CC[N+](=O)[O-])C(=O)N(Cc2ccc(OC)cc2)c2ccccc21. The third-order valence-electron chi connectivity index (χ3n) is 4.97. The van der Waals surface area contributed by atoms with E-state index in [9.17, 15) is 19.7 Å². The molecule has 0 fully saturated rings. The molecule has 146 valence electrons. The van der Waals surface area contributed by atoms with Gasteiger partial charge in [-0.15, -0.1) is 0 Å². The Hall–Kier alpha value is -3.42. The second-order valence-electron chi connectivity index (χ2n) is 6.46. The van der Waals surface area contributed by atoms with Gasteiger partial charge in [-0.3, -0.25) is 19.7 Å². The molecule has 0 saturated heterocycles. The Balaban J connectivity index is 2.04. The van der Waals surface area contributed by atoms with Crippen LogP contribution in [0, 0.1) is 10.1 Å². The predicted molar refractivity (Wildman–Crippen MR) is 101 cm³/mol. The van der Waals surface area contributed by atoms with Crippen molar-refractivity contribution in [2.24, 2.45) is 0 Å². The Kier molecular flexibility index (Phi) is 5.30. The molecule has 0 aliphatic carbocycles. The first-order chi connectivity index (χ1) is 13.4. The molecule has 1 aliphatic heterocycles. The minimum Gasteiger partial charge on any atom is -0.497 e. The number of carbonyl (C=O) groups is 2. The molecule has 1 heterocycles. The lowest BCUT2D eigenvalue weighted by molar-refractivity contribution is -0.481. The Labute approximate surface area is 161 Å². The zero-order chi connectivity index (χ0) is 20.3. The molecule has 1 atom stereocenters. The fourth-order valence-electron chi connectivity index (χ4n) is 3.57. The highest BCUT2D eigenvalue weighted by molar-refractivity contribution is 6.20. The van der Waals surface area contributed by atoms with Crippen LogP contribution in [-0.2, 0) is 26.3 Å². The first-order valence-corrected chi connectivity index (χ1v) is 8.68. The first kappa shape index (κ1) is 19.3. The lowest BCUT2D eigenvalue weighted by atomic mass is 9.78. The van der Waals surface area contributed by atoms with E-state index in [1.807, 2.05) is 12.1 Å². The van der Waals surface area contributed by atoms with Crippen LogP contribution in [0.4, 0.5) is 5.69 Å². The van der Waals surface area contributed by atoms with Crippen molar-refractivity contribution < 1.29 is 24.0 Å². The molecule has 0 bridgehead atoms. The summed E-state index contributed by atoms with van der Waals surface area (Å²) in [5.74, 6) is -0.617. The molecule has 0 radical (unpaired) electrons. The van der Waals surface area contributed by atoms with Crippen LogP contribution in [0.5, 0.6) is 5.75 Å². The molecule has 28 heavy (non-hydrogen) atoms. The highest BCUT2D eigenvalue weighted by atomic mass is 16.6. The van der Waals surface area contributed by atoms with Gasteiger partial charge < -0.3 is 14.4 Å². The van der Waals surface area contributed by atoms with Crippen LogP contribution in [0.25, 0.3) is 0 Å². The molecule has 2 aromatic carbocycles. The second-order valence-corrected chi connectivity index (χ2v) is 6.46. The van der Waals surface area contributed by atoms with Crippen molar-refractivity contribution in [2.45, 2.75) is 18.4 Å². The van der Waals surface area contributed by atoms with E-state index in [0.717, 1.165) is 5.56 Å². The summed E-state index contributed by atoms with van der Waals surface area (Å²) < 4.78 is 10.0. The number of methoxy groups -OCH3 is 2. The molecule has 2 aromatic rings. The van der Waals surface area contributed by atoms with E-state index in [0.29, 0.717) is 17.0 Å². The van der Waals surface area contributed by atoms with Crippen molar-refractivity contribution in [3.63, 3.8) is 0 Å². The quantitative estimate of drug-likeness (QED) is 0.314. The van der Waals surface area contributed by atoms with E-state index in [1.165, 1.54) is 12.0 Å². The predicted octanol–water partition coefficient (Wildman–Crippen LogP) is 2.32. The minimum atomic E-state index is -1.72. The molecule has 1 unspecified atom stereocenters. The molecule has 1 amide bonds. The summed E-state index contributed by atoms with van der Waals surface area (Å²) in [7, 11) is 2.74. The highest BCUT2D eigenvalue weighted by Gasteiger charge is 2.57. The number of amides is 1. The maximum Gasteiger partial charge on any atom is 0.326 e. The summed E-state index contributed by atoms with van der Waals surface area (Å²) in [6.45, 7) is -0.303. The highest BCUT2D eigenvalue weighted by Crippen LogP contribution is 2.45. The van der Waals surface area contributed by atoms with Crippen molar-refractivity contribution >= 4 is 17.6 Å². The average molecular weight is 384 g/mol. The molecule has 0 aromatic heterocycles. The smallest absolute Gasteiger partial charge is 0.326 e. The van der Waals surface area contributed by atoms with E-state index >= 15 is 0 Å². The van der Waals surface area contributed by atoms with Gasteiger partial charge in [-0.2, -0.15) is 0 Å². The number of rotatable bonds is 7. The summed E-state index contributed by atoms with van der Waals surface area (Å²) >= 11 is 0. The molecular weight excluding hydrogens is 364 g/mol. The van der Waals surface area contributed by atoms with Crippen molar-refractivity contribution in [1.82, 2.24) is 0 Å². The van der Waals surface area contributed by atoms with Gasteiger partial charge in [-0.25, -0.2) is 0 Å². The molecule has 0 saturated carbocycles. The zero-order valence-electron chi connectivity index (χ0n) is 15.6. The maximum atomic E-state index is 13.4. The van der Waals surface area contributed by atoms with Gasteiger partial charge in [-0.1, -0.05) is 30.3 Å². The Bertz CT molecular complexity index is 911. The average Bonchev–Trinajstić information content (AvgIpc) is 2.95. The topological polar surface area (TPSA) is 99.0 Å². The van der Waals surface area contributed by atoms with Crippen LogP contribution >= 0.6 is 0 Å². The van der Waals surface area contributed by atoms with Gasteiger partial charge in [0.25, 0.3) is 0 Å². The van der Waals surface area contributed by atoms with Crippen molar-refractivity contribution in [1.29, 1.82) is 0 Å². The van der Waals surface area contributed by atoms with Gasteiger partial charge in [0.05, 0.1) is 20.8 Å². The molecule has 8 nitrogen and oxygen atoms in total. The van der Waals surface area contributed by atoms with Crippen LogP contribution < -0.4 is 9.64 Å². The van der Waals surface area contributed by atoms with Crippen molar-refractivity contribution in [3.8, 4) is 5.75 Å². The van der Waals surface area contributed by atoms with E-state index in [-0.39, 0.29) is 13.0 Å². The second kappa shape index (κ2) is 7.67. The van der Waals surface area contributed by atoms with Crippen LogP contribution in [-0.4, -0.2) is 37.6 Å². The number of carbonyl (C=O) groups excluding carboxylic acids is 2. The van der Waals surface area contributed by atoms with Gasteiger partial charge in [0, 0.05) is 22.6 Å². The van der Waals surface area contributed by atoms with Gasteiger partial charge in [0.2, 0.25) is 12.5 Å². The fraction of sp³-hybridized carbons (Fsp3) is 0.300. The Morgan fingerprint density at radius 3 is 2.43 bits per heavy atom. The summed E-state index contributed by atoms with van der Waals surface area (Å²) in [6.07, 6.45) is -0.262. The number of nitro groups is 1. The molecule has 3 rings (SSSR count). The Morgan fingerprint density at radius 2 is 1.82 bits per heavy atom. The number of esters is 1. The van der Waals surface area contributed by atoms with Gasteiger partial charge in [-0.05, 0) is 23.8 Å². The number of ether oxygens (including phenoxy) is 2. The monoisotopic (exact) mass is 384 g/mol. The van der Waals surface area contributed by atoms with Crippen LogP contribution in [0.2, 0.25) is 0 Å². The number of para-hydroxylation sites is 1. The molecular formula is C20H20N2O6. The summed E-state index contributed by atoms with van der Waals surface area (Å²) in [4.78, 5) is 38.0. The van der Waals surface area contributed by atoms with E-state index in [1.54, 1.807) is 43.5 Å². The number of hydrogen-bond acceptors (Lipinski definition) is 6. The van der Waals surface area contributed by atoms with Gasteiger partial charge >= 0.3 is 5.97 Å². The van der Waals surface area contributed by atoms with Gasteiger partial charge in [0.1, 0.15) is 5.75 Å². The molecule has 8 heteroatoms. The van der Waals surface area contributed by atoms with Crippen molar-refractivity contribution in [2.75, 3.05) is 25.7 Å². The zero-order valence-corrected chi connectivity index (χ0v) is 15.6. The van der Waals surface area contributed by atoms with E-state index < -0.39 is 28.8 Å². The fourth-order valence-corrected chi connectivity index (χ4v) is 3.57. The molecule has 0 spiro atoms. The lowest BCUT2D eigenvalue weighted by Gasteiger charge is -2.25. The van der Waals surface area contributed by atoms with Crippen molar-refractivity contribution in [3.05, 3.63) is 69.8 Å². The third-order valence-corrected chi connectivity index (χ3v) is 4.97. The van der Waals surface area contributed by atoms with Crippen LogP contribution in [0.3, 0.4) is 0 Å². The number of nitrogens with zero attached hydrogens (tertiary/aromatic N) is 2. The minimum absolute atomic E-state index is 0.219. The van der Waals surface area contributed by atoms with E-state index in [2.05, 4.69) is 0 Å². The van der Waals surface area contributed by atoms with Crippen LogP contribution in [0.1, 0.15) is 17.5 Å². The first-order valence-electron chi connectivity index (χ1n) is 8.68. The van der Waals surface area contributed by atoms with Gasteiger partial charge in [0.15, 0.2) is 5.41 Å². The number of anilines is 1. The standard InChI is InChI=1S/C20H20N2O6/c1-27-15-9-7-14(8-10-15)13-21-17-6-4-3-5-16(17)20(18(21)23,19(24)28-2)11-12-22(25)26/h3-10H,11-13H2,1-2H3. The third kappa shape index (κ3) is 3.17. The number of benzene rings is 2.